The van der Waals surface area contributed by atoms with Crippen LogP contribution in [0.15, 0.2) is 0 Å². The summed E-state index contributed by atoms with van der Waals surface area (Å²) in [7, 11) is 1.91. The molecule has 1 heterocycles. The zero-order valence-electron chi connectivity index (χ0n) is 9.04. The normalized spacial score (nSPS) is 25.6. The van der Waals surface area contributed by atoms with Crippen LogP contribution in [-0.4, -0.2) is 42.0 Å². The van der Waals surface area contributed by atoms with Crippen molar-refractivity contribution in [2.75, 3.05) is 20.1 Å². The summed E-state index contributed by atoms with van der Waals surface area (Å²) in [6.07, 6.45) is 7.54. The Bertz CT molecular complexity index is 211. The van der Waals surface area contributed by atoms with E-state index < -0.39 is 0 Å². The first-order valence-corrected chi connectivity index (χ1v) is 5.81. The second-order valence-electron chi connectivity index (χ2n) is 4.54. The monoisotopic (exact) mass is 196 g/mol. The van der Waals surface area contributed by atoms with E-state index in [9.17, 15) is 4.79 Å². The number of nitrogens with zero attached hydrogens (tertiary/aromatic N) is 2. The SMILES string of the molecule is CN1CCCN(C2CCCCC2)C1=O. The van der Waals surface area contributed by atoms with Gasteiger partial charge in [-0.1, -0.05) is 19.3 Å². The van der Waals surface area contributed by atoms with Gasteiger partial charge in [-0.3, -0.25) is 0 Å². The predicted octanol–water partition coefficient (Wildman–Crippen LogP) is 2.08. The first kappa shape index (κ1) is 9.81. The first-order chi connectivity index (χ1) is 6.79. The molecule has 0 radical (unpaired) electrons. The third-order valence-corrected chi connectivity index (χ3v) is 3.48. The van der Waals surface area contributed by atoms with Gasteiger partial charge in [0.15, 0.2) is 0 Å². The average molecular weight is 196 g/mol. The van der Waals surface area contributed by atoms with Crippen molar-refractivity contribution < 1.29 is 4.79 Å². The van der Waals surface area contributed by atoms with Crippen LogP contribution in [0.1, 0.15) is 38.5 Å². The maximum absolute atomic E-state index is 11.9. The highest BCUT2D eigenvalue weighted by Crippen LogP contribution is 2.24. The molecule has 3 nitrogen and oxygen atoms in total. The number of amides is 2. The van der Waals surface area contributed by atoms with Crippen molar-refractivity contribution >= 4 is 6.03 Å². The molecule has 0 aromatic rings. The molecular weight excluding hydrogens is 176 g/mol. The van der Waals surface area contributed by atoms with Crippen LogP contribution in [0.2, 0.25) is 0 Å². The van der Waals surface area contributed by atoms with Crippen LogP contribution >= 0.6 is 0 Å². The molecule has 0 atom stereocenters. The molecule has 0 unspecified atom stereocenters. The molecule has 2 fully saturated rings. The predicted molar refractivity (Wildman–Crippen MR) is 56.2 cm³/mol. The van der Waals surface area contributed by atoms with Crippen LogP contribution in [0.25, 0.3) is 0 Å². The summed E-state index contributed by atoms with van der Waals surface area (Å²) in [5.74, 6) is 0. The number of rotatable bonds is 1. The summed E-state index contributed by atoms with van der Waals surface area (Å²) < 4.78 is 0. The van der Waals surface area contributed by atoms with E-state index in [1.54, 1.807) is 0 Å². The van der Waals surface area contributed by atoms with Crippen molar-refractivity contribution in [3.8, 4) is 0 Å². The molecule has 0 N–H and O–H groups in total. The van der Waals surface area contributed by atoms with Gasteiger partial charge in [0, 0.05) is 26.2 Å². The average Bonchev–Trinajstić information content (AvgIpc) is 2.23. The van der Waals surface area contributed by atoms with E-state index in [1.807, 2.05) is 11.9 Å². The molecular formula is C11H20N2O. The highest BCUT2D eigenvalue weighted by atomic mass is 16.2. The lowest BCUT2D eigenvalue weighted by molar-refractivity contribution is 0.105. The molecule has 3 heteroatoms. The molecule has 1 saturated heterocycles. The fourth-order valence-electron chi connectivity index (χ4n) is 2.62. The molecule has 0 bridgehead atoms. The van der Waals surface area contributed by atoms with Crippen molar-refractivity contribution in [1.29, 1.82) is 0 Å². The topological polar surface area (TPSA) is 23.6 Å². The number of hydrogen-bond acceptors (Lipinski definition) is 1. The van der Waals surface area contributed by atoms with Gasteiger partial charge in [0.05, 0.1) is 0 Å². The third kappa shape index (κ3) is 1.86. The molecule has 2 rings (SSSR count). The maximum atomic E-state index is 11.9. The van der Waals surface area contributed by atoms with E-state index >= 15 is 0 Å². The Morgan fingerprint density at radius 1 is 1.07 bits per heavy atom. The third-order valence-electron chi connectivity index (χ3n) is 3.48. The van der Waals surface area contributed by atoms with Crippen molar-refractivity contribution in [3.63, 3.8) is 0 Å². The molecule has 80 valence electrons. The van der Waals surface area contributed by atoms with Crippen LogP contribution in [0.4, 0.5) is 4.79 Å². The lowest BCUT2D eigenvalue weighted by atomic mass is 9.94. The number of carbonyl (C=O) groups excluding carboxylic acids is 1. The zero-order valence-corrected chi connectivity index (χ0v) is 9.04. The Labute approximate surface area is 86.1 Å². The summed E-state index contributed by atoms with van der Waals surface area (Å²) in [4.78, 5) is 15.8. The number of carbonyl (C=O) groups is 1. The summed E-state index contributed by atoms with van der Waals surface area (Å²) >= 11 is 0. The van der Waals surface area contributed by atoms with Crippen LogP contribution in [0.3, 0.4) is 0 Å². The summed E-state index contributed by atoms with van der Waals surface area (Å²) in [5, 5.41) is 0. The Hall–Kier alpha value is -0.730. The summed E-state index contributed by atoms with van der Waals surface area (Å²) in [5.41, 5.74) is 0. The van der Waals surface area contributed by atoms with Crippen molar-refractivity contribution in [1.82, 2.24) is 9.80 Å². The van der Waals surface area contributed by atoms with Gasteiger partial charge < -0.3 is 9.80 Å². The van der Waals surface area contributed by atoms with E-state index in [4.69, 9.17) is 0 Å². The number of hydrogen-bond donors (Lipinski definition) is 0. The van der Waals surface area contributed by atoms with E-state index in [2.05, 4.69) is 4.90 Å². The standard InChI is InChI=1S/C11H20N2O/c1-12-8-5-9-13(11(12)14)10-6-3-2-4-7-10/h10H,2-9H2,1H3. The quantitative estimate of drug-likeness (QED) is 0.630. The van der Waals surface area contributed by atoms with Crippen molar-refractivity contribution in [3.05, 3.63) is 0 Å². The fraction of sp³-hybridized carbons (Fsp3) is 0.909. The van der Waals surface area contributed by atoms with Gasteiger partial charge in [0.2, 0.25) is 0 Å². The summed E-state index contributed by atoms with van der Waals surface area (Å²) in [6.45, 7) is 1.91. The second kappa shape index (κ2) is 4.20. The minimum absolute atomic E-state index is 0.253. The van der Waals surface area contributed by atoms with Crippen LogP contribution in [0, 0.1) is 0 Å². The molecule has 14 heavy (non-hydrogen) atoms. The van der Waals surface area contributed by atoms with Gasteiger partial charge in [-0.05, 0) is 19.3 Å². The van der Waals surface area contributed by atoms with Crippen LogP contribution < -0.4 is 0 Å². The highest BCUT2D eigenvalue weighted by molar-refractivity contribution is 5.75. The van der Waals surface area contributed by atoms with Gasteiger partial charge >= 0.3 is 6.03 Å². The van der Waals surface area contributed by atoms with E-state index in [-0.39, 0.29) is 6.03 Å². The Morgan fingerprint density at radius 3 is 2.50 bits per heavy atom. The van der Waals surface area contributed by atoms with E-state index in [0.717, 1.165) is 19.5 Å². The summed E-state index contributed by atoms with van der Waals surface area (Å²) in [6, 6.07) is 0.794. The minimum Gasteiger partial charge on any atom is -0.328 e. The Kier molecular flexibility index (Phi) is 2.94. The molecule has 1 aliphatic heterocycles. The molecule has 1 saturated carbocycles. The van der Waals surface area contributed by atoms with Crippen LogP contribution in [-0.2, 0) is 0 Å². The molecule has 1 aliphatic carbocycles. The smallest absolute Gasteiger partial charge is 0.319 e. The molecule has 0 spiro atoms. The minimum atomic E-state index is 0.253. The largest absolute Gasteiger partial charge is 0.328 e. The molecule has 0 aromatic carbocycles. The second-order valence-corrected chi connectivity index (χ2v) is 4.54. The zero-order chi connectivity index (χ0) is 9.97. The molecule has 0 aromatic heterocycles. The lowest BCUT2D eigenvalue weighted by Crippen LogP contribution is -2.52. The Morgan fingerprint density at radius 2 is 1.79 bits per heavy atom. The van der Waals surface area contributed by atoms with Crippen molar-refractivity contribution in [2.24, 2.45) is 0 Å². The maximum Gasteiger partial charge on any atom is 0.319 e. The van der Waals surface area contributed by atoms with Crippen LogP contribution in [0.5, 0.6) is 0 Å². The Balaban J connectivity index is 1.97. The lowest BCUT2D eigenvalue weighted by Gasteiger charge is -2.40. The first-order valence-electron chi connectivity index (χ1n) is 5.81. The van der Waals surface area contributed by atoms with E-state index in [0.29, 0.717) is 6.04 Å². The van der Waals surface area contributed by atoms with Gasteiger partial charge in [0.25, 0.3) is 0 Å². The van der Waals surface area contributed by atoms with Gasteiger partial charge in [-0.25, -0.2) is 4.79 Å². The number of urea groups is 1. The molecule has 2 aliphatic rings. The van der Waals surface area contributed by atoms with Gasteiger partial charge in [0.1, 0.15) is 0 Å². The van der Waals surface area contributed by atoms with Gasteiger partial charge in [-0.15, -0.1) is 0 Å². The fourth-order valence-corrected chi connectivity index (χ4v) is 2.62. The highest BCUT2D eigenvalue weighted by Gasteiger charge is 2.29. The van der Waals surface area contributed by atoms with Crippen molar-refractivity contribution in [2.45, 2.75) is 44.6 Å². The molecule has 2 amide bonds. The van der Waals surface area contributed by atoms with E-state index in [1.165, 1.54) is 32.1 Å². The van der Waals surface area contributed by atoms with Gasteiger partial charge in [-0.2, -0.15) is 0 Å².